The van der Waals surface area contributed by atoms with Gasteiger partial charge in [0.15, 0.2) is 0 Å². The summed E-state index contributed by atoms with van der Waals surface area (Å²) in [5.41, 5.74) is 3.46. The molecule has 0 atom stereocenters. The molecule has 2 heteroatoms. The Morgan fingerprint density at radius 1 is 0.952 bits per heavy atom. The predicted octanol–water partition coefficient (Wildman–Crippen LogP) is 4.56. The van der Waals surface area contributed by atoms with Crippen molar-refractivity contribution in [3.63, 3.8) is 0 Å². The van der Waals surface area contributed by atoms with Crippen molar-refractivity contribution < 1.29 is 4.79 Å². The Balaban J connectivity index is 1.88. The molecule has 0 spiro atoms. The molecule has 0 aliphatic carbocycles. The quantitative estimate of drug-likeness (QED) is 0.874. The van der Waals surface area contributed by atoms with Crippen molar-refractivity contribution in [3.8, 4) is 0 Å². The third kappa shape index (κ3) is 4.75. The highest BCUT2D eigenvalue weighted by Gasteiger charge is 2.13. The molecule has 0 saturated carbocycles. The fourth-order valence-corrected chi connectivity index (χ4v) is 2.18. The van der Waals surface area contributed by atoms with Crippen LogP contribution in [-0.2, 0) is 16.6 Å². The van der Waals surface area contributed by atoms with Crippen LogP contribution in [0.2, 0.25) is 0 Å². The second-order valence-electron chi connectivity index (χ2n) is 6.36. The summed E-state index contributed by atoms with van der Waals surface area (Å²) in [6, 6.07) is 18.2. The number of benzene rings is 2. The van der Waals surface area contributed by atoms with E-state index in [2.05, 4.69) is 38.2 Å². The van der Waals surface area contributed by atoms with Gasteiger partial charge in [-0.25, -0.2) is 0 Å². The number of carbonyl (C=O) groups is 1. The fraction of sp³-hybridized carbons (Fsp3) is 0.316. The van der Waals surface area contributed by atoms with Crippen LogP contribution in [0.1, 0.15) is 38.3 Å². The van der Waals surface area contributed by atoms with Crippen molar-refractivity contribution in [2.24, 2.45) is 0 Å². The molecule has 0 bridgehead atoms. The molecule has 110 valence electrons. The van der Waals surface area contributed by atoms with Gasteiger partial charge in [-0.2, -0.15) is 0 Å². The summed E-state index contributed by atoms with van der Waals surface area (Å²) < 4.78 is 0. The van der Waals surface area contributed by atoms with Crippen LogP contribution in [0, 0.1) is 0 Å². The summed E-state index contributed by atoms with van der Waals surface area (Å²) in [5.74, 6) is 0.0577. The third-order valence-electron chi connectivity index (χ3n) is 3.52. The molecule has 2 aromatic carbocycles. The van der Waals surface area contributed by atoms with Crippen molar-refractivity contribution in [1.82, 2.24) is 0 Å². The minimum absolute atomic E-state index is 0.0577. The maximum atomic E-state index is 12.0. The van der Waals surface area contributed by atoms with Crippen LogP contribution in [0.15, 0.2) is 54.6 Å². The monoisotopic (exact) mass is 281 g/mol. The van der Waals surface area contributed by atoms with E-state index >= 15 is 0 Å². The van der Waals surface area contributed by atoms with E-state index < -0.39 is 0 Å². The largest absolute Gasteiger partial charge is 0.326 e. The topological polar surface area (TPSA) is 29.1 Å². The number of anilines is 1. The second kappa shape index (κ2) is 6.57. The molecule has 0 heterocycles. The Morgan fingerprint density at radius 3 is 2.14 bits per heavy atom. The predicted molar refractivity (Wildman–Crippen MR) is 88.5 cm³/mol. The van der Waals surface area contributed by atoms with Crippen LogP contribution >= 0.6 is 0 Å². The zero-order chi connectivity index (χ0) is 15.3. The number of hydrogen-bond donors (Lipinski definition) is 1. The summed E-state index contributed by atoms with van der Waals surface area (Å²) in [6.07, 6.45) is 1.28. The molecule has 2 rings (SSSR count). The lowest BCUT2D eigenvalue weighted by Crippen LogP contribution is -2.13. The molecule has 0 unspecified atom stereocenters. The Kier molecular flexibility index (Phi) is 4.79. The van der Waals surface area contributed by atoms with E-state index in [-0.39, 0.29) is 11.3 Å². The zero-order valence-electron chi connectivity index (χ0n) is 13.0. The molecule has 0 radical (unpaired) electrons. The summed E-state index contributed by atoms with van der Waals surface area (Å²) in [6.45, 7) is 6.54. The van der Waals surface area contributed by atoms with Crippen LogP contribution in [0.3, 0.4) is 0 Å². The average molecular weight is 281 g/mol. The van der Waals surface area contributed by atoms with E-state index in [1.54, 1.807) is 0 Å². The van der Waals surface area contributed by atoms with Gasteiger partial charge in [-0.15, -0.1) is 0 Å². The molecule has 0 aliphatic rings. The second-order valence-corrected chi connectivity index (χ2v) is 6.36. The highest BCUT2D eigenvalue weighted by atomic mass is 16.1. The van der Waals surface area contributed by atoms with Crippen LogP contribution in [-0.4, -0.2) is 5.91 Å². The molecule has 21 heavy (non-hydrogen) atoms. The van der Waals surface area contributed by atoms with Gasteiger partial charge >= 0.3 is 0 Å². The standard InChI is InChI=1S/C19H23NO/c1-19(2,3)16-10-12-17(13-11-16)20-18(21)14-9-15-7-5-4-6-8-15/h4-8,10-13H,9,14H2,1-3H3,(H,20,21). The maximum absolute atomic E-state index is 12.0. The van der Waals surface area contributed by atoms with Crippen LogP contribution in [0.5, 0.6) is 0 Å². The Morgan fingerprint density at radius 2 is 1.57 bits per heavy atom. The van der Waals surface area contributed by atoms with Crippen molar-refractivity contribution in [2.45, 2.75) is 39.0 Å². The number of hydrogen-bond acceptors (Lipinski definition) is 1. The molecule has 0 aromatic heterocycles. The molecule has 1 N–H and O–H groups in total. The lowest BCUT2D eigenvalue weighted by molar-refractivity contribution is -0.116. The number of carbonyl (C=O) groups excluding carboxylic acids is 1. The van der Waals surface area contributed by atoms with Gasteiger partial charge in [-0.05, 0) is 35.1 Å². The Bertz CT molecular complexity index is 579. The van der Waals surface area contributed by atoms with Gasteiger partial charge in [-0.3, -0.25) is 4.79 Å². The highest BCUT2D eigenvalue weighted by Crippen LogP contribution is 2.23. The van der Waals surface area contributed by atoms with Gasteiger partial charge in [0.2, 0.25) is 5.91 Å². The van der Waals surface area contributed by atoms with E-state index in [0.717, 1.165) is 12.1 Å². The third-order valence-corrected chi connectivity index (χ3v) is 3.52. The zero-order valence-corrected chi connectivity index (χ0v) is 13.0. The average Bonchev–Trinajstić information content (AvgIpc) is 2.46. The molecule has 0 saturated heterocycles. The van der Waals surface area contributed by atoms with Gasteiger partial charge < -0.3 is 5.32 Å². The van der Waals surface area contributed by atoms with Crippen molar-refractivity contribution >= 4 is 11.6 Å². The van der Waals surface area contributed by atoms with Gasteiger partial charge in [-0.1, -0.05) is 63.2 Å². The smallest absolute Gasteiger partial charge is 0.224 e. The molecule has 1 amide bonds. The Labute approximate surface area is 127 Å². The van der Waals surface area contributed by atoms with E-state index in [4.69, 9.17) is 0 Å². The molecule has 0 fully saturated rings. The van der Waals surface area contributed by atoms with Gasteiger partial charge in [0.1, 0.15) is 0 Å². The first kappa shape index (κ1) is 15.3. The van der Waals surface area contributed by atoms with Gasteiger partial charge in [0, 0.05) is 12.1 Å². The van der Waals surface area contributed by atoms with Crippen LogP contribution < -0.4 is 5.32 Å². The van der Waals surface area contributed by atoms with Crippen molar-refractivity contribution in [2.75, 3.05) is 5.32 Å². The minimum Gasteiger partial charge on any atom is -0.326 e. The number of aryl methyl sites for hydroxylation is 1. The van der Waals surface area contributed by atoms with Crippen LogP contribution in [0.4, 0.5) is 5.69 Å². The van der Waals surface area contributed by atoms with Gasteiger partial charge in [0.05, 0.1) is 0 Å². The van der Waals surface area contributed by atoms with Crippen molar-refractivity contribution in [1.29, 1.82) is 0 Å². The first-order valence-corrected chi connectivity index (χ1v) is 7.39. The van der Waals surface area contributed by atoms with E-state index in [0.29, 0.717) is 6.42 Å². The lowest BCUT2D eigenvalue weighted by atomic mass is 9.87. The number of nitrogens with one attached hydrogen (secondary N) is 1. The van der Waals surface area contributed by atoms with Crippen LogP contribution in [0.25, 0.3) is 0 Å². The van der Waals surface area contributed by atoms with Crippen molar-refractivity contribution in [3.05, 3.63) is 65.7 Å². The molecular weight excluding hydrogens is 258 g/mol. The summed E-state index contributed by atoms with van der Waals surface area (Å²) in [7, 11) is 0. The van der Waals surface area contributed by atoms with E-state index in [1.807, 2.05) is 42.5 Å². The van der Waals surface area contributed by atoms with E-state index in [9.17, 15) is 4.79 Å². The highest BCUT2D eigenvalue weighted by molar-refractivity contribution is 5.90. The number of amides is 1. The summed E-state index contributed by atoms with van der Waals surface area (Å²) in [5, 5.41) is 2.95. The molecule has 2 nitrogen and oxygen atoms in total. The van der Waals surface area contributed by atoms with E-state index in [1.165, 1.54) is 11.1 Å². The first-order valence-electron chi connectivity index (χ1n) is 7.39. The molecule has 2 aromatic rings. The normalized spacial score (nSPS) is 11.2. The first-order chi connectivity index (χ1) is 9.95. The lowest BCUT2D eigenvalue weighted by Gasteiger charge is -2.19. The molecule has 0 aliphatic heterocycles. The molecular formula is C19H23NO. The summed E-state index contributed by atoms with van der Waals surface area (Å²) >= 11 is 0. The summed E-state index contributed by atoms with van der Waals surface area (Å²) in [4.78, 5) is 12.0. The Hall–Kier alpha value is -2.09. The maximum Gasteiger partial charge on any atom is 0.224 e. The fourth-order valence-electron chi connectivity index (χ4n) is 2.18. The minimum atomic E-state index is 0.0577. The SMILES string of the molecule is CC(C)(C)c1ccc(NC(=O)CCc2ccccc2)cc1. The number of rotatable bonds is 4. The van der Waals surface area contributed by atoms with Gasteiger partial charge in [0.25, 0.3) is 0 Å².